The molecule has 0 atom stereocenters. The first-order chi connectivity index (χ1) is 13.3. The normalized spacial score (nSPS) is 11.1. The molecule has 27 heavy (non-hydrogen) atoms. The number of fused-ring (bicyclic) bond motifs is 2. The van der Waals surface area contributed by atoms with E-state index in [1.165, 1.54) is 0 Å². The number of methoxy groups -OCH3 is 1. The van der Waals surface area contributed by atoms with E-state index in [9.17, 15) is 4.79 Å². The molecule has 0 aliphatic rings. The van der Waals surface area contributed by atoms with Crippen LogP contribution in [0.2, 0.25) is 0 Å². The van der Waals surface area contributed by atoms with Gasteiger partial charge >= 0.3 is 0 Å². The average Bonchev–Trinajstić information content (AvgIpc) is 2.73. The zero-order valence-corrected chi connectivity index (χ0v) is 14.7. The Morgan fingerprint density at radius 1 is 0.963 bits per heavy atom. The molecule has 1 heterocycles. The highest BCUT2D eigenvalue weighted by Gasteiger charge is 2.08. The van der Waals surface area contributed by atoms with Gasteiger partial charge in [-0.05, 0) is 29.0 Å². The third-order valence-corrected chi connectivity index (χ3v) is 4.34. The first-order valence-electron chi connectivity index (χ1n) is 8.51. The Morgan fingerprint density at radius 2 is 1.70 bits per heavy atom. The van der Waals surface area contributed by atoms with Crippen LogP contribution in [0.3, 0.4) is 0 Å². The Balaban J connectivity index is 1.60. The summed E-state index contributed by atoms with van der Waals surface area (Å²) >= 11 is 0. The van der Waals surface area contributed by atoms with Gasteiger partial charge in [0.15, 0.2) is 0 Å². The summed E-state index contributed by atoms with van der Waals surface area (Å²) in [6.45, 7) is 0. The number of benzene rings is 3. The highest BCUT2D eigenvalue weighted by atomic mass is 16.5. The summed E-state index contributed by atoms with van der Waals surface area (Å²) in [6.07, 6.45) is 1.60. The van der Waals surface area contributed by atoms with Gasteiger partial charge in [0.1, 0.15) is 11.4 Å². The summed E-state index contributed by atoms with van der Waals surface area (Å²) in [5.41, 5.74) is 4.43. The molecule has 1 N–H and O–H groups in total. The number of amides is 1. The lowest BCUT2D eigenvalue weighted by molar-refractivity contribution is 0.0950. The molecular formula is C22H17N3O2. The molecule has 1 aromatic heterocycles. The van der Waals surface area contributed by atoms with Crippen molar-refractivity contribution in [2.24, 2.45) is 5.10 Å². The van der Waals surface area contributed by atoms with Crippen molar-refractivity contribution in [3.63, 3.8) is 0 Å². The minimum Gasteiger partial charge on any atom is -0.496 e. The van der Waals surface area contributed by atoms with Crippen LogP contribution in [0.5, 0.6) is 5.75 Å². The largest absolute Gasteiger partial charge is 0.496 e. The van der Waals surface area contributed by atoms with Crippen LogP contribution in [0.25, 0.3) is 21.7 Å². The number of hydrogen-bond acceptors (Lipinski definition) is 4. The molecule has 1 amide bonds. The molecule has 0 aliphatic heterocycles. The van der Waals surface area contributed by atoms with Crippen molar-refractivity contribution in [3.05, 3.63) is 84.1 Å². The van der Waals surface area contributed by atoms with Crippen molar-refractivity contribution in [1.82, 2.24) is 10.4 Å². The van der Waals surface area contributed by atoms with Gasteiger partial charge in [-0.3, -0.25) is 4.79 Å². The molecule has 132 valence electrons. The fourth-order valence-electron chi connectivity index (χ4n) is 2.99. The van der Waals surface area contributed by atoms with Gasteiger partial charge < -0.3 is 4.74 Å². The molecule has 0 spiro atoms. The van der Waals surface area contributed by atoms with E-state index < -0.39 is 0 Å². The molecule has 0 saturated carbocycles. The average molecular weight is 355 g/mol. The van der Waals surface area contributed by atoms with E-state index >= 15 is 0 Å². The molecule has 0 saturated heterocycles. The van der Waals surface area contributed by atoms with Crippen LogP contribution in [-0.2, 0) is 0 Å². The van der Waals surface area contributed by atoms with Gasteiger partial charge in [0.25, 0.3) is 5.91 Å². The number of nitrogens with one attached hydrogen (secondary N) is 1. The lowest BCUT2D eigenvalue weighted by Crippen LogP contribution is -2.19. The molecule has 5 nitrogen and oxygen atoms in total. The zero-order valence-electron chi connectivity index (χ0n) is 14.7. The van der Waals surface area contributed by atoms with Gasteiger partial charge in [0.05, 0.1) is 18.8 Å². The van der Waals surface area contributed by atoms with Crippen LogP contribution in [0, 0.1) is 0 Å². The predicted molar refractivity (Wildman–Crippen MR) is 107 cm³/mol. The molecule has 4 rings (SSSR count). The third kappa shape index (κ3) is 3.35. The number of carbonyl (C=O) groups is 1. The predicted octanol–water partition coefficient (Wildman–Crippen LogP) is 4.16. The van der Waals surface area contributed by atoms with Crippen LogP contribution in [0.4, 0.5) is 0 Å². The number of hydrazone groups is 1. The van der Waals surface area contributed by atoms with Crippen LogP contribution < -0.4 is 10.2 Å². The fraction of sp³-hybridized carbons (Fsp3) is 0.0455. The van der Waals surface area contributed by atoms with Gasteiger partial charge in [0, 0.05) is 10.9 Å². The smallest absolute Gasteiger partial charge is 0.289 e. The quantitative estimate of drug-likeness (QED) is 0.442. The topological polar surface area (TPSA) is 63.6 Å². The lowest BCUT2D eigenvalue weighted by Gasteiger charge is -2.08. The van der Waals surface area contributed by atoms with E-state index in [-0.39, 0.29) is 5.91 Å². The number of para-hydroxylation sites is 1. The SMILES string of the molecule is COc1ccc2ccccc2c1/C=N/NC(=O)c1ccc2ccccc2n1. The maximum atomic E-state index is 12.4. The number of carbonyl (C=O) groups excluding carboxylic acids is 1. The Bertz CT molecular complexity index is 1170. The lowest BCUT2D eigenvalue weighted by atomic mass is 10.0. The maximum Gasteiger partial charge on any atom is 0.289 e. The van der Waals surface area contributed by atoms with E-state index in [4.69, 9.17) is 4.74 Å². The number of aromatic nitrogens is 1. The van der Waals surface area contributed by atoms with E-state index in [1.54, 1.807) is 19.4 Å². The second kappa shape index (κ2) is 7.25. The standard InChI is InChI=1S/C22H17N3O2/c1-27-21-13-11-15-6-2-4-8-17(15)18(21)14-23-25-22(26)20-12-10-16-7-3-5-9-19(16)24-20/h2-14H,1H3,(H,25,26)/b23-14+. The number of ether oxygens (including phenoxy) is 1. The molecule has 3 aromatic carbocycles. The van der Waals surface area contributed by atoms with Gasteiger partial charge in [-0.2, -0.15) is 5.10 Å². The zero-order chi connectivity index (χ0) is 18.6. The van der Waals surface area contributed by atoms with Crippen molar-refractivity contribution in [2.45, 2.75) is 0 Å². The third-order valence-electron chi connectivity index (χ3n) is 4.34. The number of rotatable bonds is 4. The Morgan fingerprint density at radius 3 is 2.56 bits per heavy atom. The number of hydrogen-bond donors (Lipinski definition) is 1. The van der Waals surface area contributed by atoms with Gasteiger partial charge in [0.2, 0.25) is 0 Å². The van der Waals surface area contributed by atoms with E-state index in [0.29, 0.717) is 11.4 Å². The van der Waals surface area contributed by atoms with Crippen LogP contribution in [-0.4, -0.2) is 24.2 Å². The molecular weight excluding hydrogens is 338 g/mol. The monoisotopic (exact) mass is 355 g/mol. The highest BCUT2D eigenvalue weighted by Crippen LogP contribution is 2.26. The van der Waals surface area contributed by atoms with Gasteiger partial charge in [-0.25, -0.2) is 10.4 Å². The van der Waals surface area contributed by atoms with Crippen molar-refractivity contribution < 1.29 is 9.53 Å². The Kier molecular flexibility index (Phi) is 4.49. The van der Waals surface area contributed by atoms with E-state index in [1.807, 2.05) is 66.7 Å². The van der Waals surface area contributed by atoms with Crippen LogP contribution >= 0.6 is 0 Å². The van der Waals surface area contributed by atoms with Crippen LogP contribution in [0.1, 0.15) is 16.1 Å². The molecule has 5 heteroatoms. The summed E-state index contributed by atoms with van der Waals surface area (Å²) in [6, 6.07) is 23.0. The van der Waals surface area contributed by atoms with Crippen LogP contribution in [0.15, 0.2) is 77.9 Å². The van der Waals surface area contributed by atoms with Gasteiger partial charge in [-0.15, -0.1) is 0 Å². The summed E-state index contributed by atoms with van der Waals surface area (Å²) in [5.74, 6) is 0.326. The van der Waals surface area contributed by atoms with Crippen molar-refractivity contribution in [3.8, 4) is 5.75 Å². The molecule has 0 unspecified atom stereocenters. The minimum atomic E-state index is -0.365. The molecule has 0 aliphatic carbocycles. The van der Waals surface area contributed by atoms with Crippen molar-refractivity contribution >= 4 is 33.8 Å². The molecule has 0 bridgehead atoms. The van der Waals surface area contributed by atoms with Crippen molar-refractivity contribution in [1.29, 1.82) is 0 Å². The van der Waals surface area contributed by atoms with E-state index in [0.717, 1.165) is 27.2 Å². The van der Waals surface area contributed by atoms with Gasteiger partial charge in [-0.1, -0.05) is 54.6 Å². The molecule has 0 fully saturated rings. The Labute approximate surface area is 156 Å². The minimum absolute atomic E-state index is 0.315. The number of nitrogens with zero attached hydrogens (tertiary/aromatic N) is 2. The second-order valence-corrected chi connectivity index (χ2v) is 5.99. The fourth-order valence-corrected chi connectivity index (χ4v) is 2.99. The molecule has 4 aromatic rings. The second-order valence-electron chi connectivity index (χ2n) is 5.99. The Hall–Kier alpha value is -3.73. The van der Waals surface area contributed by atoms with Crippen molar-refractivity contribution in [2.75, 3.05) is 7.11 Å². The number of pyridine rings is 1. The molecule has 0 radical (unpaired) electrons. The van der Waals surface area contributed by atoms with E-state index in [2.05, 4.69) is 15.5 Å². The summed E-state index contributed by atoms with van der Waals surface area (Å²) in [7, 11) is 1.61. The summed E-state index contributed by atoms with van der Waals surface area (Å²) < 4.78 is 5.43. The summed E-state index contributed by atoms with van der Waals surface area (Å²) in [5, 5.41) is 7.17. The summed E-state index contributed by atoms with van der Waals surface area (Å²) in [4.78, 5) is 16.8. The maximum absolute atomic E-state index is 12.4. The highest BCUT2D eigenvalue weighted by molar-refractivity contribution is 6.03. The first-order valence-corrected chi connectivity index (χ1v) is 8.51. The first kappa shape index (κ1) is 16.7.